The summed E-state index contributed by atoms with van der Waals surface area (Å²) in [6, 6.07) is 31.7. The Hall–Kier alpha value is -6.85. The number of benzene rings is 5. The van der Waals surface area contributed by atoms with Crippen LogP contribution in [0.1, 0.15) is 71.0 Å². The quantitative estimate of drug-likeness (QED) is 0.0794. The summed E-state index contributed by atoms with van der Waals surface area (Å²) in [6.07, 6.45) is 13.5. The fraction of sp³-hybridized carbons (Fsp3) is 0.154. The number of carbonyl (C=O) groups excluding carboxylic acids is 4. The number of fused-ring (bicyclic) bond motifs is 12. The highest BCUT2D eigenvalue weighted by Crippen LogP contribution is 2.47. The summed E-state index contributed by atoms with van der Waals surface area (Å²) in [6.45, 7) is 0. The normalized spacial score (nSPS) is 20.8. The number of aromatic nitrogens is 4. The van der Waals surface area contributed by atoms with Gasteiger partial charge >= 0.3 is 0 Å². The van der Waals surface area contributed by atoms with Crippen LogP contribution in [0.25, 0.3) is 76.6 Å². The van der Waals surface area contributed by atoms with Gasteiger partial charge in [-0.15, -0.1) is 23.2 Å². The zero-order chi connectivity index (χ0) is 44.2. The Morgan fingerprint density at radius 3 is 1.74 bits per heavy atom. The van der Waals surface area contributed by atoms with E-state index < -0.39 is 11.8 Å². The number of hydrogen-bond acceptors (Lipinski definition) is 4. The van der Waals surface area contributed by atoms with Gasteiger partial charge < -0.3 is 19.1 Å². The van der Waals surface area contributed by atoms with Crippen LogP contribution in [0.5, 0.6) is 0 Å². The molecule has 65 heavy (non-hydrogen) atoms. The van der Waals surface area contributed by atoms with Crippen LogP contribution in [0.2, 0.25) is 5.15 Å². The van der Waals surface area contributed by atoms with Crippen molar-refractivity contribution >= 4 is 135 Å². The summed E-state index contributed by atoms with van der Waals surface area (Å²) >= 11 is 19.6. The molecule has 4 N–H and O–H groups in total. The maximum atomic E-state index is 13.2. The van der Waals surface area contributed by atoms with E-state index in [-0.39, 0.29) is 36.1 Å². The van der Waals surface area contributed by atoms with Crippen LogP contribution in [0.4, 0.5) is 0 Å². The van der Waals surface area contributed by atoms with Gasteiger partial charge in [0.15, 0.2) is 0 Å². The van der Waals surface area contributed by atoms with Gasteiger partial charge in [0.05, 0.1) is 61.7 Å². The van der Waals surface area contributed by atoms with Gasteiger partial charge in [0, 0.05) is 67.6 Å². The number of nitrogens with one attached hydrogen (secondary N) is 4. The molecular weight excluding hydrogens is 879 g/mol. The molecule has 4 atom stereocenters. The second kappa shape index (κ2) is 15.1. The monoisotopic (exact) mass is 917 g/mol. The second-order valence-electron chi connectivity index (χ2n) is 17.0. The van der Waals surface area contributed by atoms with Crippen molar-refractivity contribution in [1.82, 2.24) is 29.7 Å². The Bertz CT molecular complexity index is 3690. The summed E-state index contributed by atoms with van der Waals surface area (Å²) < 4.78 is 4.36. The summed E-state index contributed by atoms with van der Waals surface area (Å²) in [5, 5.41) is 10.8. The van der Waals surface area contributed by atoms with Gasteiger partial charge in [-0.3, -0.25) is 29.8 Å². The SMILES string of the molecule is O=C1NC(=O)C(c2c(Cl)n(C3C=C[C@H](Cl)CC3)c3ccccc23)=C1c1c[nH]c2ccccc12.O=C1NC(=O)c2c1c1c3ccccc3[nH]c1c1c2c2ccccc2n1C1C=C[C@H](Cl)CC1.[2HH]. The molecule has 13 heteroatoms. The largest absolute Gasteiger partial charge is 0.361 e. The predicted molar refractivity (Wildman–Crippen MR) is 262 cm³/mol. The highest BCUT2D eigenvalue weighted by molar-refractivity contribution is 6.52. The van der Waals surface area contributed by atoms with Gasteiger partial charge in [0.25, 0.3) is 23.6 Å². The zero-order valence-corrected chi connectivity index (χ0v) is 36.7. The van der Waals surface area contributed by atoms with Crippen LogP contribution in [-0.4, -0.2) is 53.5 Å². The number of rotatable bonds is 4. The minimum atomic E-state index is -0.440. The van der Waals surface area contributed by atoms with Crippen molar-refractivity contribution in [3.8, 4) is 0 Å². The standard InChI is InChI=1S/C26H19Cl2N3O2.C26H18ClN3O2.H2/c27-14-9-11-15(12-10-14)31-20-8-4-2-6-17(20)21(24(31)28)23-22(25(32)30-26(23)33)18-13-29-19-7-3-1-5-16(18)19;27-13-9-11-14(12-10-13)30-18-8-4-2-6-16(18)20-22-21(25(31)29-26(22)32)19-15-5-1-3-7-17(15)28-23(19)24(20)30;/h1-9,11,13-15,29H,10,12H2,(H,30,32,33);1-9,11,13-14,28H,10,12H2,(H,29,31,32);1H/t14-,15?;13-,14?;/m00./s1/i;;1+1. The molecule has 0 bridgehead atoms. The molecule has 0 saturated heterocycles. The first kappa shape index (κ1) is 39.7. The third-order valence-electron chi connectivity index (χ3n) is 13.4. The van der Waals surface area contributed by atoms with E-state index in [0.29, 0.717) is 38.6 Å². The topological polar surface area (TPSA) is 134 Å². The third kappa shape index (κ3) is 6.00. The smallest absolute Gasteiger partial charge is 0.259 e. The number of amides is 4. The number of nitrogens with zero attached hydrogens (tertiary/aromatic N) is 2. The molecule has 322 valence electrons. The molecule has 0 spiro atoms. The van der Waals surface area contributed by atoms with Crippen LogP contribution in [-0.2, 0) is 9.59 Å². The van der Waals surface area contributed by atoms with E-state index in [4.69, 9.17) is 34.8 Å². The van der Waals surface area contributed by atoms with Gasteiger partial charge in [-0.2, -0.15) is 0 Å². The van der Waals surface area contributed by atoms with Crippen molar-refractivity contribution < 1.29 is 20.6 Å². The Kier molecular flexibility index (Phi) is 9.24. The fourth-order valence-electron chi connectivity index (χ4n) is 10.6. The maximum absolute atomic E-state index is 13.2. The maximum Gasteiger partial charge on any atom is 0.259 e. The van der Waals surface area contributed by atoms with E-state index in [1.54, 1.807) is 6.20 Å². The fourth-order valence-corrected chi connectivity index (χ4v) is 11.4. The first-order valence-corrected chi connectivity index (χ1v) is 22.9. The molecule has 5 aromatic carbocycles. The van der Waals surface area contributed by atoms with E-state index in [1.165, 1.54) is 0 Å². The van der Waals surface area contributed by atoms with Crippen LogP contribution in [0.15, 0.2) is 128 Å². The van der Waals surface area contributed by atoms with E-state index in [9.17, 15) is 19.2 Å². The number of H-pyrrole nitrogens is 2. The lowest BCUT2D eigenvalue weighted by atomic mass is 9.95. The van der Waals surface area contributed by atoms with Crippen molar-refractivity contribution in [2.45, 2.75) is 48.5 Å². The number of para-hydroxylation sites is 4. The molecule has 0 saturated carbocycles. The summed E-state index contributed by atoms with van der Waals surface area (Å²) in [5.41, 5.74) is 8.50. The molecule has 10 nitrogen and oxygen atoms in total. The van der Waals surface area contributed by atoms with Crippen LogP contribution < -0.4 is 10.6 Å². The molecule has 0 fully saturated rings. The first-order chi connectivity index (χ1) is 31.7. The van der Waals surface area contributed by atoms with Crippen molar-refractivity contribution in [3.63, 3.8) is 0 Å². The summed E-state index contributed by atoms with van der Waals surface area (Å²) in [7, 11) is 0. The average Bonchev–Trinajstić information content (AvgIpc) is 4.16. The Morgan fingerprint density at radius 1 is 0.523 bits per heavy atom. The van der Waals surface area contributed by atoms with Crippen LogP contribution in [0, 0.1) is 0 Å². The highest BCUT2D eigenvalue weighted by atomic mass is 35.5. The Labute approximate surface area is 387 Å². The molecule has 4 amide bonds. The lowest BCUT2D eigenvalue weighted by Gasteiger charge is -2.23. The molecule has 2 unspecified atom stereocenters. The highest BCUT2D eigenvalue weighted by Gasteiger charge is 2.39. The van der Waals surface area contributed by atoms with Crippen molar-refractivity contribution in [3.05, 3.63) is 155 Å². The molecular formula is C52H39Cl3N6O4. The minimum Gasteiger partial charge on any atom is -0.361 e. The van der Waals surface area contributed by atoms with Crippen molar-refractivity contribution in [2.75, 3.05) is 0 Å². The molecule has 0 radical (unpaired) electrons. The number of hydrogen-bond donors (Lipinski definition) is 4. The lowest BCUT2D eigenvalue weighted by Crippen LogP contribution is -2.22. The number of aromatic amines is 2. The second-order valence-corrected chi connectivity index (χ2v) is 18.5. The number of halogens is 3. The molecule has 9 aromatic rings. The van der Waals surface area contributed by atoms with Gasteiger partial charge in [-0.25, -0.2) is 0 Å². The first-order valence-electron chi connectivity index (χ1n) is 21.6. The third-order valence-corrected chi connectivity index (χ3v) is 14.5. The number of carbonyl (C=O) groups is 4. The molecule has 4 aliphatic rings. The van der Waals surface area contributed by atoms with E-state index in [2.05, 4.69) is 49.5 Å². The van der Waals surface area contributed by atoms with Crippen LogP contribution in [0.3, 0.4) is 0 Å². The number of allylic oxidation sites excluding steroid dienone is 4. The Balaban J connectivity index is 0.000000144. The summed E-state index contributed by atoms with van der Waals surface area (Å²) in [4.78, 5) is 59.0. The van der Waals surface area contributed by atoms with Crippen molar-refractivity contribution in [1.29, 1.82) is 0 Å². The van der Waals surface area contributed by atoms with Gasteiger partial charge in [0.2, 0.25) is 0 Å². The number of imide groups is 2. The van der Waals surface area contributed by atoms with Crippen LogP contribution >= 0.6 is 34.8 Å². The van der Waals surface area contributed by atoms with E-state index in [1.807, 2.05) is 102 Å². The molecule has 13 rings (SSSR count). The van der Waals surface area contributed by atoms with E-state index in [0.717, 1.165) is 91.1 Å². The lowest BCUT2D eigenvalue weighted by molar-refractivity contribution is -0.122. The van der Waals surface area contributed by atoms with Gasteiger partial charge in [-0.1, -0.05) is 109 Å². The average molecular weight is 919 g/mol. The predicted octanol–water partition coefficient (Wildman–Crippen LogP) is 11.9. The van der Waals surface area contributed by atoms with Gasteiger partial charge in [0.1, 0.15) is 5.15 Å². The molecule has 4 aromatic heterocycles. The van der Waals surface area contributed by atoms with Crippen molar-refractivity contribution in [2.24, 2.45) is 0 Å². The molecule has 2 aliphatic carbocycles. The molecule has 2 aliphatic heterocycles. The Morgan fingerprint density at radius 2 is 1.06 bits per heavy atom. The summed E-state index contributed by atoms with van der Waals surface area (Å²) in [5.74, 6) is -1.52. The minimum absolute atomic E-state index is 0. The molecule has 6 heterocycles. The number of alkyl halides is 2. The zero-order valence-electron chi connectivity index (χ0n) is 34.4. The van der Waals surface area contributed by atoms with Gasteiger partial charge in [-0.05, 0) is 49.9 Å². The van der Waals surface area contributed by atoms with E-state index >= 15 is 0 Å².